The number of hydrogen-bond acceptors (Lipinski definition) is 6. The summed E-state index contributed by atoms with van der Waals surface area (Å²) in [5, 5.41) is 10.9. The zero-order chi connectivity index (χ0) is 15.4. The van der Waals surface area contributed by atoms with Gasteiger partial charge in [0, 0.05) is 32.7 Å². The molecule has 0 saturated carbocycles. The minimum absolute atomic E-state index is 0.0784. The molecule has 2 aromatic heterocycles. The highest BCUT2D eigenvalue weighted by molar-refractivity contribution is 7.13. The summed E-state index contributed by atoms with van der Waals surface area (Å²) in [6.45, 7) is 3.87. The third-order valence-electron chi connectivity index (χ3n) is 3.76. The van der Waals surface area contributed by atoms with E-state index in [4.69, 9.17) is 9.52 Å². The van der Waals surface area contributed by atoms with Crippen molar-refractivity contribution in [3.8, 4) is 10.8 Å². The molecule has 1 amide bonds. The van der Waals surface area contributed by atoms with Crippen molar-refractivity contribution in [1.82, 2.24) is 14.8 Å². The maximum Gasteiger partial charge on any atom is 0.236 e. The molecular weight excluding hydrogens is 302 g/mol. The van der Waals surface area contributed by atoms with E-state index in [1.54, 1.807) is 17.6 Å². The van der Waals surface area contributed by atoms with Crippen LogP contribution in [0.4, 0.5) is 0 Å². The van der Waals surface area contributed by atoms with Crippen LogP contribution in [0.2, 0.25) is 0 Å². The van der Waals surface area contributed by atoms with E-state index in [2.05, 4.69) is 9.88 Å². The average Bonchev–Trinajstić information content (AvgIpc) is 3.19. The number of aliphatic hydroxyl groups is 1. The van der Waals surface area contributed by atoms with Gasteiger partial charge in [-0.25, -0.2) is 4.98 Å². The Morgan fingerprint density at radius 2 is 2.18 bits per heavy atom. The second-order valence-corrected chi connectivity index (χ2v) is 6.19. The van der Waals surface area contributed by atoms with Crippen molar-refractivity contribution in [3.63, 3.8) is 0 Å². The molecule has 118 valence electrons. The number of aromatic nitrogens is 1. The lowest BCUT2D eigenvalue weighted by molar-refractivity contribution is -0.132. The zero-order valence-electron chi connectivity index (χ0n) is 12.3. The third kappa shape index (κ3) is 3.55. The molecular formula is C15H19N3O3S. The molecule has 1 aliphatic rings. The van der Waals surface area contributed by atoms with Crippen LogP contribution in [0.5, 0.6) is 0 Å². The SMILES string of the molecule is O=C(Cc1coc(-c2cccs2)n1)N1CCN(CCO)CC1. The Morgan fingerprint density at radius 1 is 1.36 bits per heavy atom. The molecule has 6 nitrogen and oxygen atoms in total. The number of β-amino-alcohol motifs (C(OH)–C–C–N with tert-alkyl or cyclic N) is 1. The first-order valence-corrected chi connectivity index (χ1v) is 8.23. The first-order chi connectivity index (χ1) is 10.8. The van der Waals surface area contributed by atoms with E-state index in [9.17, 15) is 4.79 Å². The average molecular weight is 321 g/mol. The minimum atomic E-state index is 0.0784. The van der Waals surface area contributed by atoms with E-state index in [0.29, 0.717) is 31.2 Å². The standard InChI is InChI=1S/C15H19N3O3S/c19-8-7-17-3-5-18(6-4-17)14(20)10-12-11-21-15(16-12)13-2-1-9-22-13/h1-2,9,11,19H,3-8,10H2. The summed E-state index contributed by atoms with van der Waals surface area (Å²) < 4.78 is 5.44. The van der Waals surface area contributed by atoms with Gasteiger partial charge in [-0.1, -0.05) is 6.07 Å². The molecule has 0 spiro atoms. The molecule has 0 unspecified atom stereocenters. The fourth-order valence-corrected chi connectivity index (χ4v) is 3.19. The molecule has 1 aliphatic heterocycles. The van der Waals surface area contributed by atoms with E-state index in [1.807, 2.05) is 22.4 Å². The highest BCUT2D eigenvalue weighted by Crippen LogP contribution is 2.23. The monoisotopic (exact) mass is 321 g/mol. The lowest BCUT2D eigenvalue weighted by Gasteiger charge is -2.34. The molecule has 0 bridgehead atoms. The molecule has 3 heterocycles. The van der Waals surface area contributed by atoms with Crippen molar-refractivity contribution in [2.75, 3.05) is 39.3 Å². The smallest absolute Gasteiger partial charge is 0.236 e. The Morgan fingerprint density at radius 3 is 2.86 bits per heavy atom. The van der Waals surface area contributed by atoms with Gasteiger partial charge in [0.2, 0.25) is 11.8 Å². The number of thiophene rings is 1. The largest absolute Gasteiger partial charge is 0.444 e. The molecule has 1 N–H and O–H groups in total. The number of nitrogens with zero attached hydrogens (tertiary/aromatic N) is 3. The summed E-state index contributed by atoms with van der Waals surface area (Å²) in [6.07, 6.45) is 1.84. The van der Waals surface area contributed by atoms with Crippen LogP contribution >= 0.6 is 11.3 Å². The second kappa shape index (κ2) is 7.04. The van der Waals surface area contributed by atoms with E-state index in [0.717, 1.165) is 18.0 Å². The van der Waals surface area contributed by atoms with Crippen LogP contribution in [-0.2, 0) is 11.2 Å². The molecule has 0 aliphatic carbocycles. The molecule has 7 heteroatoms. The maximum atomic E-state index is 12.3. The van der Waals surface area contributed by atoms with E-state index in [1.165, 1.54) is 0 Å². The Kier molecular flexibility index (Phi) is 4.87. The molecule has 0 atom stereocenters. The molecule has 2 aromatic rings. The summed E-state index contributed by atoms with van der Waals surface area (Å²) in [4.78, 5) is 21.7. The van der Waals surface area contributed by atoms with Gasteiger partial charge in [-0.3, -0.25) is 9.69 Å². The van der Waals surface area contributed by atoms with Gasteiger partial charge in [0.1, 0.15) is 6.26 Å². The van der Waals surface area contributed by atoms with Crippen molar-refractivity contribution in [1.29, 1.82) is 0 Å². The first kappa shape index (κ1) is 15.2. The molecule has 22 heavy (non-hydrogen) atoms. The predicted octanol–water partition coefficient (Wildman–Crippen LogP) is 1.08. The fraction of sp³-hybridized carbons (Fsp3) is 0.467. The highest BCUT2D eigenvalue weighted by Gasteiger charge is 2.21. The number of piperazine rings is 1. The lowest BCUT2D eigenvalue weighted by Crippen LogP contribution is -2.49. The van der Waals surface area contributed by atoms with Crippen molar-refractivity contribution < 1.29 is 14.3 Å². The van der Waals surface area contributed by atoms with Gasteiger partial charge < -0.3 is 14.4 Å². The van der Waals surface area contributed by atoms with Gasteiger partial charge in [-0.05, 0) is 11.4 Å². The van der Waals surface area contributed by atoms with Crippen LogP contribution in [0.1, 0.15) is 5.69 Å². The molecule has 1 saturated heterocycles. The second-order valence-electron chi connectivity index (χ2n) is 5.24. The van der Waals surface area contributed by atoms with Crippen molar-refractivity contribution >= 4 is 17.2 Å². The molecule has 0 radical (unpaired) electrons. The lowest BCUT2D eigenvalue weighted by atomic mass is 10.2. The summed E-state index contributed by atoms with van der Waals surface area (Å²) >= 11 is 1.56. The summed E-state index contributed by atoms with van der Waals surface area (Å²) in [6, 6.07) is 3.89. The number of rotatable bonds is 5. The third-order valence-corrected chi connectivity index (χ3v) is 4.62. The topological polar surface area (TPSA) is 69.8 Å². The van der Waals surface area contributed by atoms with Gasteiger partial charge in [0.15, 0.2) is 0 Å². The van der Waals surface area contributed by atoms with Gasteiger partial charge in [0.05, 0.1) is 23.6 Å². The number of carbonyl (C=O) groups is 1. The van der Waals surface area contributed by atoms with Gasteiger partial charge in [-0.15, -0.1) is 11.3 Å². The van der Waals surface area contributed by atoms with Gasteiger partial charge in [-0.2, -0.15) is 0 Å². The van der Waals surface area contributed by atoms with E-state index < -0.39 is 0 Å². The van der Waals surface area contributed by atoms with E-state index in [-0.39, 0.29) is 18.9 Å². The van der Waals surface area contributed by atoms with Crippen molar-refractivity contribution in [2.45, 2.75) is 6.42 Å². The first-order valence-electron chi connectivity index (χ1n) is 7.35. The van der Waals surface area contributed by atoms with Crippen molar-refractivity contribution in [2.24, 2.45) is 0 Å². The van der Waals surface area contributed by atoms with Gasteiger partial charge in [0.25, 0.3) is 0 Å². The van der Waals surface area contributed by atoms with Gasteiger partial charge >= 0.3 is 0 Å². The molecule has 1 fully saturated rings. The maximum absolute atomic E-state index is 12.3. The summed E-state index contributed by atoms with van der Waals surface area (Å²) in [7, 11) is 0. The number of hydrogen-bond donors (Lipinski definition) is 1. The molecule has 3 rings (SSSR count). The van der Waals surface area contributed by atoms with Crippen LogP contribution < -0.4 is 0 Å². The van der Waals surface area contributed by atoms with Crippen molar-refractivity contribution in [3.05, 3.63) is 29.5 Å². The summed E-state index contributed by atoms with van der Waals surface area (Å²) in [5.41, 5.74) is 0.672. The van der Waals surface area contributed by atoms with Crippen LogP contribution in [0.15, 0.2) is 28.2 Å². The van der Waals surface area contributed by atoms with Crippen LogP contribution in [0.3, 0.4) is 0 Å². The number of amides is 1. The summed E-state index contributed by atoms with van der Waals surface area (Å²) in [5.74, 6) is 0.653. The highest BCUT2D eigenvalue weighted by atomic mass is 32.1. The quantitative estimate of drug-likeness (QED) is 0.892. The number of oxazole rings is 1. The minimum Gasteiger partial charge on any atom is -0.444 e. The predicted molar refractivity (Wildman–Crippen MR) is 83.6 cm³/mol. The number of carbonyl (C=O) groups excluding carboxylic acids is 1. The van der Waals surface area contributed by atoms with Crippen LogP contribution in [-0.4, -0.2) is 65.1 Å². The number of aliphatic hydroxyl groups excluding tert-OH is 1. The Bertz CT molecular complexity index is 603. The molecule has 0 aromatic carbocycles. The van der Waals surface area contributed by atoms with Crippen LogP contribution in [0, 0.1) is 0 Å². The Balaban J connectivity index is 1.54. The zero-order valence-corrected chi connectivity index (χ0v) is 13.1. The Hall–Kier alpha value is -1.70. The Labute approximate surface area is 133 Å². The normalized spacial score (nSPS) is 16.1. The van der Waals surface area contributed by atoms with E-state index >= 15 is 0 Å². The fourth-order valence-electron chi connectivity index (χ4n) is 2.53. The van der Waals surface area contributed by atoms with Crippen LogP contribution in [0.25, 0.3) is 10.8 Å².